The van der Waals surface area contributed by atoms with Gasteiger partial charge in [-0.1, -0.05) is 17.7 Å². The molecule has 2 N–H and O–H groups in total. The van der Waals surface area contributed by atoms with Gasteiger partial charge >= 0.3 is 6.03 Å². The molecule has 0 bridgehead atoms. The predicted molar refractivity (Wildman–Crippen MR) is 121 cm³/mol. The highest BCUT2D eigenvalue weighted by atomic mass is 16.5. The molecule has 0 atom stereocenters. The van der Waals surface area contributed by atoms with Crippen LogP contribution < -0.4 is 20.1 Å². The lowest BCUT2D eigenvalue weighted by molar-refractivity contribution is -0.121. The van der Waals surface area contributed by atoms with E-state index >= 15 is 0 Å². The van der Waals surface area contributed by atoms with Gasteiger partial charge in [0.25, 0.3) is 0 Å². The second-order valence-electron chi connectivity index (χ2n) is 7.72. The molecule has 3 amide bonds. The van der Waals surface area contributed by atoms with Crippen LogP contribution in [-0.2, 0) is 17.8 Å². The second kappa shape index (κ2) is 10.3. The van der Waals surface area contributed by atoms with Gasteiger partial charge in [-0.05, 0) is 69.0 Å². The number of ether oxygens (including phenoxy) is 2. The van der Waals surface area contributed by atoms with E-state index in [4.69, 9.17) is 9.47 Å². The van der Waals surface area contributed by atoms with E-state index in [9.17, 15) is 9.59 Å². The van der Waals surface area contributed by atoms with Gasteiger partial charge in [0.2, 0.25) is 5.91 Å². The van der Waals surface area contributed by atoms with Crippen molar-refractivity contribution in [1.82, 2.24) is 10.2 Å². The molecule has 1 aliphatic heterocycles. The van der Waals surface area contributed by atoms with Gasteiger partial charge < -0.3 is 14.8 Å². The quantitative estimate of drug-likeness (QED) is 0.705. The van der Waals surface area contributed by atoms with Crippen molar-refractivity contribution >= 4 is 17.6 Å². The summed E-state index contributed by atoms with van der Waals surface area (Å²) >= 11 is 0. The number of imide groups is 1. The van der Waals surface area contributed by atoms with E-state index in [1.54, 1.807) is 0 Å². The third-order valence-electron chi connectivity index (χ3n) is 5.21. The number of benzene rings is 2. The third-order valence-corrected chi connectivity index (χ3v) is 5.21. The minimum atomic E-state index is -0.519. The molecule has 7 nitrogen and oxygen atoms in total. The number of hydrogen-bond donors (Lipinski definition) is 2. The molecule has 1 heterocycles. The first-order chi connectivity index (χ1) is 14.9. The molecule has 0 fully saturated rings. The minimum absolute atomic E-state index is 0.150. The average molecular weight is 426 g/mol. The van der Waals surface area contributed by atoms with Gasteiger partial charge in [0.1, 0.15) is 0 Å². The van der Waals surface area contributed by atoms with Gasteiger partial charge in [0.05, 0.1) is 19.8 Å². The lowest BCUT2D eigenvalue weighted by atomic mass is 9.99. The minimum Gasteiger partial charge on any atom is -0.490 e. The fraction of sp³-hybridized carbons (Fsp3) is 0.417. The van der Waals surface area contributed by atoms with Crippen molar-refractivity contribution < 1.29 is 19.1 Å². The SMILES string of the molecule is CCOc1cc2c(cc1OCC)CN(CC(=O)NC(=O)Nc1ccc(C)cc1C)CC2. The maximum absolute atomic E-state index is 12.4. The number of hydrogen-bond acceptors (Lipinski definition) is 5. The number of rotatable bonds is 7. The maximum Gasteiger partial charge on any atom is 0.325 e. The predicted octanol–water partition coefficient (Wildman–Crippen LogP) is 3.81. The number of anilines is 1. The summed E-state index contributed by atoms with van der Waals surface area (Å²) in [5.41, 5.74) is 5.08. The second-order valence-corrected chi connectivity index (χ2v) is 7.72. The first-order valence-corrected chi connectivity index (χ1v) is 10.7. The van der Waals surface area contributed by atoms with E-state index in [0.717, 1.165) is 41.2 Å². The number of amides is 3. The van der Waals surface area contributed by atoms with Gasteiger partial charge in [0, 0.05) is 18.8 Å². The molecule has 2 aromatic rings. The Morgan fingerprint density at radius 1 is 1.00 bits per heavy atom. The van der Waals surface area contributed by atoms with E-state index in [2.05, 4.69) is 10.6 Å². The summed E-state index contributed by atoms with van der Waals surface area (Å²) in [6.45, 7) is 10.4. The molecule has 0 aliphatic carbocycles. The lowest BCUT2D eigenvalue weighted by Crippen LogP contribution is -2.43. The van der Waals surface area contributed by atoms with Crippen LogP contribution in [0.3, 0.4) is 0 Å². The molecule has 0 saturated carbocycles. The summed E-state index contributed by atoms with van der Waals surface area (Å²) < 4.78 is 11.4. The Kier molecular flexibility index (Phi) is 7.52. The third kappa shape index (κ3) is 5.98. The normalized spacial score (nSPS) is 13.3. The Labute approximate surface area is 183 Å². The zero-order valence-corrected chi connectivity index (χ0v) is 18.7. The number of nitrogens with zero attached hydrogens (tertiary/aromatic N) is 1. The van der Waals surface area contributed by atoms with Gasteiger partial charge in [0.15, 0.2) is 11.5 Å². The number of carbonyl (C=O) groups excluding carboxylic acids is 2. The standard InChI is InChI=1S/C24H31N3O4/c1-5-30-21-12-18-9-10-27(14-19(18)13-22(21)31-6-2)15-23(28)26-24(29)25-20-8-7-16(3)11-17(20)4/h7-8,11-13H,5-6,9-10,14-15H2,1-4H3,(H2,25,26,28,29). The average Bonchev–Trinajstić information content (AvgIpc) is 2.71. The van der Waals surface area contributed by atoms with E-state index in [1.807, 2.05) is 62.9 Å². The highest BCUT2D eigenvalue weighted by molar-refractivity contribution is 6.02. The fourth-order valence-corrected chi connectivity index (χ4v) is 3.77. The van der Waals surface area contributed by atoms with Crippen LogP contribution in [0.25, 0.3) is 0 Å². The zero-order valence-electron chi connectivity index (χ0n) is 18.7. The lowest BCUT2D eigenvalue weighted by Gasteiger charge is -2.29. The fourth-order valence-electron chi connectivity index (χ4n) is 3.77. The van der Waals surface area contributed by atoms with Crippen LogP contribution in [-0.4, -0.2) is 43.1 Å². The van der Waals surface area contributed by atoms with Crippen LogP contribution in [0, 0.1) is 13.8 Å². The molecule has 0 aromatic heterocycles. The Balaban J connectivity index is 1.58. The van der Waals surface area contributed by atoms with Crippen LogP contribution >= 0.6 is 0 Å². The molecule has 166 valence electrons. The summed E-state index contributed by atoms with van der Waals surface area (Å²) in [5.74, 6) is 1.15. The molecule has 3 rings (SSSR count). The molecule has 2 aromatic carbocycles. The first-order valence-electron chi connectivity index (χ1n) is 10.7. The summed E-state index contributed by atoms with van der Waals surface area (Å²) in [6.07, 6.45) is 0.809. The number of urea groups is 1. The van der Waals surface area contributed by atoms with Crippen LogP contribution in [0.1, 0.15) is 36.1 Å². The number of fused-ring (bicyclic) bond motifs is 1. The first kappa shape index (κ1) is 22.6. The maximum atomic E-state index is 12.4. The van der Waals surface area contributed by atoms with Crippen molar-refractivity contribution in [3.05, 3.63) is 52.6 Å². The van der Waals surface area contributed by atoms with Gasteiger partial charge in [-0.15, -0.1) is 0 Å². The zero-order chi connectivity index (χ0) is 22.4. The van der Waals surface area contributed by atoms with E-state index in [1.165, 1.54) is 5.56 Å². The van der Waals surface area contributed by atoms with E-state index in [-0.39, 0.29) is 12.5 Å². The summed E-state index contributed by atoms with van der Waals surface area (Å²) in [5, 5.41) is 5.16. The Hall–Kier alpha value is -3.06. The molecule has 31 heavy (non-hydrogen) atoms. The van der Waals surface area contributed by atoms with Crippen molar-refractivity contribution in [2.24, 2.45) is 0 Å². The Bertz CT molecular complexity index is 958. The van der Waals surface area contributed by atoms with E-state index in [0.29, 0.717) is 25.4 Å². The van der Waals surface area contributed by atoms with Crippen LogP contribution in [0.5, 0.6) is 11.5 Å². The smallest absolute Gasteiger partial charge is 0.325 e. The van der Waals surface area contributed by atoms with Gasteiger partial charge in [-0.2, -0.15) is 0 Å². The molecular formula is C24H31N3O4. The topological polar surface area (TPSA) is 79.9 Å². The monoisotopic (exact) mass is 425 g/mol. The number of nitrogens with one attached hydrogen (secondary N) is 2. The van der Waals surface area contributed by atoms with Crippen molar-refractivity contribution in [2.45, 2.75) is 40.7 Å². The van der Waals surface area contributed by atoms with Gasteiger partial charge in [-0.3, -0.25) is 15.0 Å². The van der Waals surface area contributed by atoms with Crippen molar-refractivity contribution in [2.75, 3.05) is 31.6 Å². The number of carbonyl (C=O) groups is 2. The largest absolute Gasteiger partial charge is 0.490 e. The van der Waals surface area contributed by atoms with E-state index < -0.39 is 6.03 Å². The molecule has 0 spiro atoms. The molecule has 0 radical (unpaired) electrons. The van der Waals surface area contributed by atoms with Crippen molar-refractivity contribution in [1.29, 1.82) is 0 Å². The number of aryl methyl sites for hydroxylation is 2. The summed E-state index contributed by atoms with van der Waals surface area (Å²) in [4.78, 5) is 26.7. The summed E-state index contributed by atoms with van der Waals surface area (Å²) in [6, 6.07) is 9.26. The summed E-state index contributed by atoms with van der Waals surface area (Å²) in [7, 11) is 0. The van der Waals surface area contributed by atoms with Crippen molar-refractivity contribution in [3.63, 3.8) is 0 Å². The van der Waals surface area contributed by atoms with Crippen LogP contribution in [0.4, 0.5) is 10.5 Å². The van der Waals surface area contributed by atoms with Gasteiger partial charge in [-0.25, -0.2) is 4.79 Å². The van der Waals surface area contributed by atoms with Crippen molar-refractivity contribution in [3.8, 4) is 11.5 Å². The molecule has 1 aliphatic rings. The Morgan fingerprint density at radius 2 is 1.68 bits per heavy atom. The van der Waals surface area contributed by atoms with Crippen LogP contribution in [0.15, 0.2) is 30.3 Å². The molecular weight excluding hydrogens is 394 g/mol. The highest BCUT2D eigenvalue weighted by Gasteiger charge is 2.22. The highest BCUT2D eigenvalue weighted by Crippen LogP contribution is 2.33. The molecule has 0 saturated heterocycles. The molecule has 7 heteroatoms. The Morgan fingerprint density at radius 3 is 2.32 bits per heavy atom. The molecule has 0 unspecified atom stereocenters. The van der Waals surface area contributed by atoms with Crippen LogP contribution in [0.2, 0.25) is 0 Å².